The first kappa shape index (κ1) is 16.6. The van der Waals surface area contributed by atoms with Crippen LogP contribution in [0.3, 0.4) is 0 Å². The van der Waals surface area contributed by atoms with Gasteiger partial charge in [0, 0.05) is 42.7 Å². The number of ether oxygens (including phenoxy) is 1. The molecule has 0 amide bonds. The highest BCUT2D eigenvalue weighted by Crippen LogP contribution is 2.33. The van der Waals surface area contributed by atoms with Crippen LogP contribution in [0.25, 0.3) is 10.9 Å². The average molecular weight is 332 g/mol. The van der Waals surface area contributed by atoms with E-state index >= 15 is 0 Å². The Bertz CT molecular complexity index is 770. The molecule has 1 saturated heterocycles. The molecule has 0 spiro atoms. The van der Waals surface area contributed by atoms with Crippen molar-refractivity contribution in [3.05, 3.63) is 35.8 Å². The van der Waals surface area contributed by atoms with Gasteiger partial charge in [0.15, 0.2) is 5.60 Å². The van der Waals surface area contributed by atoms with Crippen LogP contribution in [0.5, 0.6) is 0 Å². The van der Waals surface area contributed by atoms with Crippen LogP contribution in [0.1, 0.15) is 25.5 Å². The maximum Gasteiger partial charge on any atom is 0.338 e. The number of nitrogens with zero attached hydrogens (tertiary/aromatic N) is 2. The molecule has 6 heteroatoms. The molecule has 1 aliphatic rings. The highest BCUT2D eigenvalue weighted by molar-refractivity contribution is 5.92. The molecule has 1 aliphatic heterocycles. The number of piperidine rings is 1. The molecule has 5 nitrogen and oxygen atoms in total. The number of pyridine rings is 1. The molecule has 0 bridgehead atoms. The summed E-state index contributed by atoms with van der Waals surface area (Å²) >= 11 is 0. The smallest absolute Gasteiger partial charge is 0.338 e. The minimum Gasteiger partial charge on any atom is -0.464 e. The summed E-state index contributed by atoms with van der Waals surface area (Å²) in [4.78, 5) is 18.3. The number of para-hydroxylation sites is 1. The molecule has 0 aliphatic carbocycles. The van der Waals surface area contributed by atoms with Crippen molar-refractivity contribution >= 4 is 22.6 Å². The Labute approximate surface area is 140 Å². The molecule has 2 heterocycles. The second-order valence-corrected chi connectivity index (χ2v) is 6.16. The van der Waals surface area contributed by atoms with E-state index in [0.29, 0.717) is 18.6 Å². The lowest BCUT2D eigenvalue weighted by Gasteiger charge is -2.38. The van der Waals surface area contributed by atoms with E-state index in [9.17, 15) is 14.3 Å². The largest absolute Gasteiger partial charge is 0.464 e. The summed E-state index contributed by atoms with van der Waals surface area (Å²) in [6.45, 7) is 4.78. The van der Waals surface area contributed by atoms with Crippen LogP contribution in [0.15, 0.2) is 24.3 Å². The van der Waals surface area contributed by atoms with Gasteiger partial charge in [-0.2, -0.15) is 0 Å². The number of rotatable bonds is 3. The van der Waals surface area contributed by atoms with E-state index in [-0.39, 0.29) is 25.3 Å². The molecular weight excluding hydrogens is 311 g/mol. The van der Waals surface area contributed by atoms with E-state index < -0.39 is 11.6 Å². The van der Waals surface area contributed by atoms with Crippen molar-refractivity contribution in [1.82, 2.24) is 4.98 Å². The quantitative estimate of drug-likeness (QED) is 0.875. The number of aromatic nitrogens is 1. The van der Waals surface area contributed by atoms with Crippen LogP contribution in [0.4, 0.5) is 10.1 Å². The van der Waals surface area contributed by atoms with Crippen molar-refractivity contribution < 1.29 is 19.0 Å². The number of carbonyl (C=O) groups is 1. The van der Waals surface area contributed by atoms with Crippen LogP contribution in [0, 0.1) is 12.7 Å². The number of benzene rings is 1. The molecule has 128 valence electrons. The third kappa shape index (κ3) is 2.94. The van der Waals surface area contributed by atoms with Crippen molar-refractivity contribution in [3.63, 3.8) is 0 Å². The summed E-state index contributed by atoms with van der Waals surface area (Å²) in [6.07, 6.45) is 0.564. The fourth-order valence-corrected chi connectivity index (χ4v) is 3.17. The predicted molar refractivity (Wildman–Crippen MR) is 89.5 cm³/mol. The number of hydrogen-bond acceptors (Lipinski definition) is 5. The Morgan fingerprint density at radius 3 is 2.79 bits per heavy atom. The minimum absolute atomic E-state index is 0.248. The summed E-state index contributed by atoms with van der Waals surface area (Å²) in [5, 5.41) is 11.2. The molecule has 0 radical (unpaired) electrons. The number of esters is 1. The standard InChI is InChI=1S/C18H21FN2O3/c1-3-24-17(22)18(23)7-9-21(10-8-18)15-11-12(2)20-16-13(15)5-4-6-14(16)19/h4-6,11,23H,3,7-10H2,1-2H3. The summed E-state index contributed by atoms with van der Waals surface area (Å²) < 4.78 is 19.0. The summed E-state index contributed by atoms with van der Waals surface area (Å²) in [5.74, 6) is -0.913. The zero-order valence-corrected chi connectivity index (χ0v) is 13.9. The first-order valence-electron chi connectivity index (χ1n) is 8.15. The van der Waals surface area contributed by atoms with Crippen LogP contribution in [-0.2, 0) is 9.53 Å². The third-order valence-electron chi connectivity index (χ3n) is 4.48. The zero-order chi connectivity index (χ0) is 17.3. The van der Waals surface area contributed by atoms with Crippen molar-refractivity contribution in [1.29, 1.82) is 0 Å². The number of aryl methyl sites for hydroxylation is 1. The van der Waals surface area contributed by atoms with Crippen LogP contribution < -0.4 is 4.90 Å². The average Bonchev–Trinajstić information content (AvgIpc) is 2.56. The number of fused-ring (bicyclic) bond motifs is 1. The van der Waals surface area contributed by atoms with Crippen molar-refractivity contribution in [2.45, 2.75) is 32.3 Å². The predicted octanol–water partition coefficient (Wildman–Crippen LogP) is 2.58. The Morgan fingerprint density at radius 1 is 1.42 bits per heavy atom. The van der Waals surface area contributed by atoms with E-state index in [1.165, 1.54) is 6.07 Å². The van der Waals surface area contributed by atoms with Gasteiger partial charge in [-0.3, -0.25) is 0 Å². The molecule has 1 N–H and O–H groups in total. The van der Waals surface area contributed by atoms with Gasteiger partial charge in [-0.15, -0.1) is 0 Å². The number of hydrogen-bond donors (Lipinski definition) is 1. The number of halogens is 1. The number of anilines is 1. The van der Waals surface area contributed by atoms with Crippen molar-refractivity contribution in [2.24, 2.45) is 0 Å². The van der Waals surface area contributed by atoms with Gasteiger partial charge in [-0.05, 0) is 26.0 Å². The zero-order valence-electron chi connectivity index (χ0n) is 13.9. The van der Waals surface area contributed by atoms with Gasteiger partial charge in [0.2, 0.25) is 0 Å². The summed E-state index contributed by atoms with van der Waals surface area (Å²) in [6, 6.07) is 6.81. The summed E-state index contributed by atoms with van der Waals surface area (Å²) in [7, 11) is 0. The second kappa shape index (κ2) is 6.36. The molecule has 0 unspecified atom stereocenters. The van der Waals surface area contributed by atoms with Crippen LogP contribution in [0.2, 0.25) is 0 Å². The molecule has 1 fully saturated rings. The van der Waals surface area contributed by atoms with E-state index in [1.54, 1.807) is 13.0 Å². The molecule has 1 aromatic heterocycles. The molecule has 3 rings (SSSR count). The van der Waals surface area contributed by atoms with E-state index in [2.05, 4.69) is 9.88 Å². The Morgan fingerprint density at radius 2 is 2.12 bits per heavy atom. The Balaban J connectivity index is 1.89. The molecule has 1 aromatic carbocycles. The van der Waals surface area contributed by atoms with Gasteiger partial charge in [0.25, 0.3) is 0 Å². The topological polar surface area (TPSA) is 62.7 Å². The number of aliphatic hydroxyl groups is 1. The van der Waals surface area contributed by atoms with Gasteiger partial charge in [0.05, 0.1) is 6.61 Å². The Hall–Kier alpha value is -2.21. The minimum atomic E-state index is -1.43. The summed E-state index contributed by atoms with van der Waals surface area (Å²) in [5.41, 5.74) is 0.519. The van der Waals surface area contributed by atoms with Crippen LogP contribution >= 0.6 is 0 Å². The lowest BCUT2D eigenvalue weighted by Crippen LogP contribution is -2.50. The highest BCUT2D eigenvalue weighted by Gasteiger charge is 2.41. The third-order valence-corrected chi connectivity index (χ3v) is 4.48. The molecular formula is C18H21FN2O3. The van der Waals surface area contributed by atoms with Gasteiger partial charge in [0.1, 0.15) is 11.3 Å². The molecule has 2 aromatic rings. The van der Waals surface area contributed by atoms with Gasteiger partial charge in [-0.1, -0.05) is 12.1 Å². The monoisotopic (exact) mass is 332 g/mol. The van der Waals surface area contributed by atoms with Gasteiger partial charge >= 0.3 is 5.97 Å². The first-order chi connectivity index (χ1) is 11.4. The SMILES string of the molecule is CCOC(=O)C1(O)CCN(c2cc(C)nc3c(F)cccc23)CC1. The van der Waals surface area contributed by atoms with Gasteiger partial charge < -0.3 is 14.7 Å². The fourth-order valence-electron chi connectivity index (χ4n) is 3.17. The maximum absolute atomic E-state index is 14.0. The highest BCUT2D eigenvalue weighted by atomic mass is 19.1. The van der Waals surface area contributed by atoms with E-state index in [1.807, 2.05) is 19.1 Å². The maximum atomic E-state index is 14.0. The first-order valence-corrected chi connectivity index (χ1v) is 8.15. The van der Waals surface area contributed by atoms with Crippen molar-refractivity contribution in [3.8, 4) is 0 Å². The normalized spacial score (nSPS) is 17.1. The number of carbonyl (C=O) groups excluding carboxylic acids is 1. The second-order valence-electron chi connectivity index (χ2n) is 6.16. The lowest BCUT2D eigenvalue weighted by molar-refractivity contribution is -0.167. The molecule has 0 atom stereocenters. The fraction of sp³-hybridized carbons (Fsp3) is 0.444. The van der Waals surface area contributed by atoms with Crippen LogP contribution in [-0.4, -0.2) is 41.4 Å². The Kier molecular flexibility index (Phi) is 4.41. The molecule has 24 heavy (non-hydrogen) atoms. The molecule has 0 saturated carbocycles. The lowest BCUT2D eigenvalue weighted by atomic mass is 9.91. The van der Waals surface area contributed by atoms with Crippen molar-refractivity contribution in [2.75, 3.05) is 24.6 Å². The van der Waals surface area contributed by atoms with Gasteiger partial charge in [-0.25, -0.2) is 14.2 Å². The van der Waals surface area contributed by atoms with E-state index in [0.717, 1.165) is 16.8 Å². The van der Waals surface area contributed by atoms with E-state index in [4.69, 9.17) is 4.74 Å².